The Bertz CT molecular complexity index is 107. The molecule has 0 aliphatic rings. The fraction of sp³-hybridized carbons (Fsp3) is 1.00. The Hall–Kier alpha value is 0.480. The second-order valence-electron chi connectivity index (χ2n) is 1.02. The zero-order valence-electron chi connectivity index (χ0n) is 7.79. The number of alkyl halides is 1. The monoisotopic (exact) mass is 154 g/mol. The lowest BCUT2D eigenvalue weighted by Crippen LogP contribution is -1.70. The van der Waals surface area contributed by atoms with Crippen molar-refractivity contribution in [2.45, 2.75) is 26.1 Å². The van der Waals surface area contributed by atoms with E-state index in [1.807, 2.05) is 6.92 Å². The van der Waals surface area contributed by atoms with Crippen molar-refractivity contribution in [2.24, 2.45) is 0 Å². The molecular weight excluding hydrogens is 140 g/mol. The maximum absolute atomic E-state index is 7.22. The largest absolute Gasteiger partial charge is 0.0928 e. The van der Waals surface area contributed by atoms with Crippen LogP contribution in [0.1, 0.15) is 31.6 Å². The standard InChI is InChI=1S/C5H11Br/c1-2-3-4-5-6/h2-5H2,1H3/i4D2,5D2. The predicted octanol–water partition coefficient (Wildman–Crippen LogP) is 2.57. The number of hydrogen-bond donors (Lipinski definition) is 0. The van der Waals surface area contributed by atoms with Crippen LogP contribution in [0.15, 0.2) is 0 Å². The van der Waals surface area contributed by atoms with E-state index >= 15 is 0 Å². The van der Waals surface area contributed by atoms with Crippen LogP contribution in [-0.4, -0.2) is 5.28 Å². The molecule has 6 heavy (non-hydrogen) atoms. The summed E-state index contributed by atoms with van der Waals surface area (Å²) in [6, 6.07) is 0. The van der Waals surface area contributed by atoms with Gasteiger partial charge in [-0.2, -0.15) is 0 Å². The summed E-state index contributed by atoms with van der Waals surface area (Å²) in [6.45, 7) is 1.83. The predicted molar refractivity (Wildman–Crippen MR) is 33.3 cm³/mol. The number of halogens is 1. The van der Waals surface area contributed by atoms with Gasteiger partial charge in [0.25, 0.3) is 0 Å². The summed E-state index contributed by atoms with van der Waals surface area (Å²) in [5.41, 5.74) is 0. The highest BCUT2D eigenvalue weighted by Crippen LogP contribution is 1.95. The molecule has 0 heterocycles. The van der Waals surface area contributed by atoms with E-state index < -0.39 is 11.7 Å². The van der Waals surface area contributed by atoms with Crippen molar-refractivity contribution in [3.05, 3.63) is 0 Å². The van der Waals surface area contributed by atoms with Gasteiger partial charge in [-0.15, -0.1) is 0 Å². The summed E-state index contributed by atoms with van der Waals surface area (Å²) in [5.74, 6) is 0. The van der Waals surface area contributed by atoms with Gasteiger partial charge in [-0.3, -0.25) is 0 Å². The summed E-state index contributed by atoms with van der Waals surface area (Å²) < 4.78 is 28.5. The molecule has 0 aromatic rings. The fourth-order valence-corrected chi connectivity index (χ4v) is 0.370. The lowest BCUT2D eigenvalue weighted by Gasteiger charge is -1.85. The second kappa shape index (κ2) is 5.48. The third-order valence-electron chi connectivity index (χ3n) is 0.442. The van der Waals surface area contributed by atoms with Gasteiger partial charge < -0.3 is 0 Å². The molecule has 0 N–H and O–H groups in total. The molecule has 0 bridgehead atoms. The summed E-state index contributed by atoms with van der Waals surface area (Å²) in [6.07, 6.45) is -0.870. The Labute approximate surface area is 53.7 Å². The van der Waals surface area contributed by atoms with Crippen LogP contribution >= 0.6 is 15.9 Å². The minimum atomic E-state index is -1.91. The minimum Gasteiger partial charge on any atom is -0.0928 e. The SMILES string of the molecule is [2H]C([2H])(Br)C([2H])([2H])CCC. The first-order valence-electron chi connectivity index (χ1n) is 4.00. The van der Waals surface area contributed by atoms with Crippen molar-refractivity contribution in [1.82, 2.24) is 0 Å². The lowest BCUT2D eigenvalue weighted by molar-refractivity contribution is 0.781. The molecule has 0 spiro atoms. The van der Waals surface area contributed by atoms with Crippen LogP contribution in [0.3, 0.4) is 0 Å². The highest BCUT2D eigenvalue weighted by molar-refractivity contribution is 9.09. The van der Waals surface area contributed by atoms with E-state index in [2.05, 4.69) is 15.9 Å². The zero-order chi connectivity index (χ0) is 8.41. The Kier molecular flexibility index (Phi) is 1.98. The topological polar surface area (TPSA) is 0 Å². The van der Waals surface area contributed by atoms with E-state index in [0.29, 0.717) is 6.42 Å². The first kappa shape index (κ1) is 2.17. The van der Waals surface area contributed by atoms with Gasteiger partial charge in [-0.05, 0) is 6.37 Å². The van der Waals surface area contributed by atoms with Gasteiger partial charge in [-0.1, -0.05) is 35.7 Å². The molecule has 0 nitrogen and oxygen atoms in total. The molecule has 0 saturated heterocycles. The van der Waals surface area contributed by atoms with E-state index in [0.717, 1.165) is 0 Å². The van der Waals surface area contributed by atoms with Crippen molar-refractivity contribution < 1.29 is 5.48 Å². The van der Waals surface area contributed by atoms with E-state index in [4.69, 9.17) is 5.48 Å². The maximum atomic E-state index is 7.22. The molecule has 0 unspecified atom stereocenters. The van der Waals surface area contributed by atoms with Crippen LogP contribution in [-0.2, 0) is 0 Å². The summed E-state index contributed by atoms with van der Waals surface area (Å²) in [4.78, 5) is 0. The van der Waals surface area contributed by atoms with Gasteiger partial charge in [0.15, 0.2) is 0 Å². The molecule has 0 rings (SSSR count). The van der Waals surface area contributed by atoms with E-state index in [1.165, 1.54) is 0 Å². The Balaban J connectivity index is 4.10. The van der Waals surface area contributed by atoms with Crippen LogP contribution in [0.2, 0.25) is 0 Å². The third-order valence-corrected chi connectivity index (χ3v) is 0.722. The Morgan fingerprint density at radius 2 is 2.50 bits per heavy atom. The maximum Gasteiger partial charge on any atom is 0.0387 e. The summed E-state index contributed by atoms with van der Waals surface area (Å²) in [5, 5.41) is -1.91. The molecule has 38 valence electrons. The number of rotatable bonds is 3. The zero-order valence-corrected chi connectivity index (χ0v) is 5.38. The van der Waals surface area contributed by atoms with Crippen LogP contribution in [0.25, 0.3) is 0 Å². The molecule has 0 atom stereocenters. The minimum absolute atomic E-state index is 0.241. The van der Waals surface area contributed by atoms with Crippen LogP contribution in [0.5, 0.6) is 0 Å². The van der Waals surface area contributed by atoms with E-state index in [-0.39, 0.29) is 6.42 Å². The van der Waals surface area contributed by atoms with Crippen molar-refractivity contribution in [3.63, 3.8) is 0 Å². The first-order valence-corrected chi connectivity index (χ1v) is 2.79. The molecule has 0 radical (unpaired) electrons. The molecule has 1 heteroatoms. The molecule has 0 saturated carbocycles. The molecule has 0 fully saturated rings. The number of hydrogen-bond acceptors (Lipinski definition) is 0. The molecular formula is C5H11Br. The van der Waals surface area contributed by atoms with Gasteiger partial charge in [0, 0.05) is 10.8 Å². The summed E-state index contributed by atoms with van der Waals surface area (Å²) >= 11 is 2.66. The Morgan fingerprint density at radius 1 is 1.83 bits per heavy atom. The van der Waals surface area contributed by atoms with Crippen LogP contribution < -0.4 is 0 Å². The van der Waals surface area contributed by atoms with Crippen molar-refractivity contribution in [1.29, 1.82) is 0 Å². The first-order chi connectivity index (χ1) is 4.31. The van der Waals surface area contributed by atoms with E-state index in [1.54, 1.807) is 0 Å². The molecule has 0 amide bonds. The quantitative estimate of drug-likeness (QED) is 0.549. The third kappa shape index (κ3) is 4.48. The summed E-state index contributed by atoms with van der Waals surface area (Å²) in [7, 11) is 0. The van der Waals surface area contributed by atoms with Crippen molar-refractivity contribution in [3.8, 4) is 0 Å². The van der Waals surface area contributed by atoms with Crippen molar-refractivity contribution in [2.75, 3.05) is 5.28 Å². The average Bonchev–Trinajstić information content (AvgIpc) is 1.61. The fourth-order valence-electron chi connectivity index (χ4n) is 0.172. The second-order valence-corrected chi connectivity index (χ2v) is 1.42. The molecule has 0 aliphatic heterocycles. The molecule has 0 aromatic heterocycles. The molecule has 0 aromatic carbocycles. The van der Waals surface area contributed by atoms with Gasteiger partial charge in [-0.25, -0.2) is 0 Å². The van der Waals surface area contributed by atoms with Gasteiger partial charge in [0.1, 0.15) is 0 Å². The van der Waals surface area contributed by atoms with Crippen molar-refractivity contribution >= 4 is 15.9 Å². The van der Waals surface area contributed by atoms with Crippen LogP contribution in [0, 0.1) is 0 Å². The smallest absolute Gasteiger partial charge is 0.0387 e. The van der Waals surface area contributed by atoms with E-state index in [9.17, 15) is 0 Å². The normalized spacial score (nSPS) is 23.7. The van der Waals surface area contributed by atoms with Gasteiger partial charge in [0.05, 0.1) is 0 Å². The van der Waals surface area contributed by atoms with Crippen LogP contribution in [0.4, 0.5) is 0 Å². The Morgan fingerprint density at radius 3 is 2.67 bits per heavy atom. The van der Waals surface area contributed by atoms with Gasteiger partial charge >= 0.3 is 0 Å². The highest BCUT2D eigenvalue weighted by atomic mass is 79.9. The highest BCUT2D eigenvalue weighted by Gasteiger charge is 1.76. The average molecular weight is 155 g/mol. The lowest BCUT2D eigenvalue weighted by atomic mass is 10.3. The molecule has 0 aliphatic carbocycles. The van der Waals surface area contributed by atoms with Gasteiger partial charge in [0.2, 0.25) is 0 Å².